The highest BCUT2D eigenvalue weighted by Crippen LogP contribution is 2.17. The van der Waals surface area contributed by atoms with Crippen molar-refractivity contribution in [3.05, 3.63) is 35.9 Å². The van der Waals surface area contributed by atoms with Crippen LogP contribution in [-0.2, 0) is 25.8 Å². The van der Waals surface area contributed by atoms with Gasteiger partial charge in [-0.25, -0.2) is 0 Å². The molecule has 0 amide bonds. The van der Waals surface area contributed by atoms with E-state index in [2.05, 4.69) is 12.1 Å². The molecule has 1 rings (SSSR count). The van der Waals surface area contributed by atoms with Gasteiger partial charge < -0.3 is 9.57 Å². The maximum atomic E-state index is 12.4. The Bertz CT molecular complexity index is 542. The molecule has 26 heavy (non-hydrogen) atoms. The first kappa shape index (κ1) is 21.9. The van der Waals surface area contributed by atoms with E-state index in [1.165, 1.54) is 6.21 Å². The van der Waals surface area contributed by atoms with Gasteiger partial charge in [0.05, 0.1) is 6.61 Å². The van der Waals surface area contributed by atoms with Crippen molar-refractivity contribution in [3.8, 4) is 0 Å². The predicted octanol–water partition coefficient (Wildman–Crippen LogP) is 4.69. The van der Waals surface area contributed by atoms with Crippen LogP contribution in [0.25, 0.3) is 0 Å². The number of oxime groups is 1. The zero-order valence-electron chi connectivity index (χ0n) is 16.0. The fourth-order valence-electron chi connectivity index (χ4n) is 2.65. The fraction of sp³-hybridized carbons (Fsp3) is 0.571. The van der Waals surface area contributed by atoms with Crippen LogP contribution in [0.1, 0.15) is 64.4 Å². The summed E-state index contributed by atoms with van der Waals surface area (Å²) in [5, 5.41) is 3.80. The maximum absolute atomic E-state index is 12.4. The Kier molecular flexibility index (Phi) is 11.8. The Morgan fingerprint density at radius 2 is 1.85 bits per heavy atom. The lowest BCUT2D eigenvalue weighted by molar-refractivity contribution is -0.143. The lowest BCUT2D eigenvalue weighted by atomic mass is 9.92. The average Bonchev–Trinajstić information content (AvgIpc) is 2.65. The molecule has 1 unspecified atom stereocenters. The number of hydrogen-bond donors (Lipinski definition) is 0. The number of carbonyl (C=O) groups excluding carboxylic acids is 2. The van der Waals surface area contributed by atoms with E-state index in [1.807, 2.05) is 30.3 Å². The summed E-state index contributed by atoms with van der Waals surface area (Å²) in [5.74, 6) is -0.546. The standard InChI is InChI=1S/C21H31NO4/c1-3-5-6-10-13-19(14-15-21(24)25-4-2)20(23)16-22-26-17-18-11-8-7-9-12-18/h7-9,11-12,16,19H,3-6,10,13-15,17H2,1-2H3/b22-16+. The van der Waals surface area contributed by atoms with E-state index in [9.17, 15) is 9.59 Å². The van der Waals surface area contributed by atoms with Crippen LogP contribution in [0.5, 0.6) is 0 Å². The van der Waals surface area contributed by atoms with Gasteiger partial charge in [0.1, 0.15) is 12.8 Å². The van der Waals surface area contributed by atoms with Gasteiger partial charge in [-0.3, -0.25) is 9.59 Å². The molecule has 0 bridgehead atoms. The van der Waals surface area contributed by atoms with Crippen molar-refractivity contribution in [1.29, 1.82) is 0 Å². The SMILES string of the molecule is CCCCCCC(CCC(=O)OCC)C(=O)/C=N/OCc1ccccc1. The second-order valence-corrected chi connectivity index (χ2v) is 6.29. The summed E-state index contributed by atoms with van der Waals surface area (Å²) >= 11 is 0. The molecule has 0 saturated carbocycles. The summed E-state index contributed by atoms with van der Waals surface area (Å²) in [4.78, 5) is 29.2. The third-order valence-electron chi connectivity index (χ3n) is 4.14. The summed E-state index contributed by atoms with van der Waals surface area (Å²) in [6.07, 6.45) is 7.16. The van der Waals surface area contributed by atoms with Crippen LogP contribution in [0.3, 0.4) is 0 Å². The quantitative estimate of drug-likeness (QED) is 0.209. The molecule has 0 aliphatic rings. The number of unbranched alkanes of at least 4 members (excludes halogenated alkanes) is 3. The van der Waals surface area contributed by atoms with Gasteiger partial charge in [0.25, 0.3) is 0 Å². The van der Waals surface area contributed by atoms with E-state index in [-0.39, 0.29) is 24.1 Å². The number of ether oxygens (including phenoxy) is 1. The summed E-state index contributed by atoms with van der Waals surface area (Å²) in [6.45, 7) is 4.62. The molecule has 1 aromatic carbocycles. The van der Waals surface area contributed by atoms with Gasteiger partial charge in [-0.05, 0) is 25.3 Å². The van der Waals surface area contributed by atoms with Gasteiger partial charge in [0.15, 0.2) is 5.78 Å². The summed E-state index contributed by atoms with van der Waals surface area (Å²) in [7, 11) is 0. The lowest BCUT2D eigenvalue weighted by Gasteiger charge is -2.13. The summed E-state index contributed by atoms with van der Waals surface area (Å²) in [6, 6.07) is 9.66. The zero-order valence-corrected chi connectivity index (χ0v) is 16.0. The molecule has 0 spiro atoms. The van der Waals surface area contributed by atoms with E-state index in [0.717, 1.165) is 37.7 Å². The van der Waals surface area contributed by atoms with E-state index < -0.39 is 0 Å². The lowest BCUT2D eigenvalue weighted by Crippen LogP contribution is -2.18. The number of esters is 1. The molecule has 1 aromatic rings. The molecule has 0 fully saturated rings. The Morgan fingerprint density at radius 1 is 1.08 bits per heavy atom. The third kappa shape index (κ3) is 9.97. The molecule has 1 atom stereocenters. The number of ketones is 1. The zero-order chi connectivity index (χ0) is 19.0. The molecular weight excluding hydrogens is 330 g/mol. The minimum atomic E-state index is -0.254. The summed E-state index contributed by atoms with van der Waals surface area (Å²) < 4.78 is 4.95. The number of hydrogen-bond acceptors (Lipinski definition) is 5. The Hall–Kier alpha value is -2.17. The van der Waals surface area contributed by atoms with E-state index in [1.54, 1.807) is 6.92 Å². The number of carbonyl (C=O) groups is 2. The monoisotopic (exact) mass is 361 g/mol. The Labute approximate surface area is 156 Å². The van der Waals surface area contributed by atoms with Gasteiger partial charge in [-0.2, -0.15) is 0 Å². The highest BCUT2D eigenvalue weighted by atomic mass is 16.6. The number of benzene rings is 1. The van der Waals surface area contributed by atoms with Crippen molar-refractivity contribution in [1.82, 2.24) is 0 Å². The molecular formula is C21H31NO4. The van der Waals surface area contributed by atoms with Crippen LogP contribution in [0.4, 0.5) is 0 Å². The Morgan fingerprint density at radius 3 is 2.54 bits per heavy atom. The topological polar surface area (TPSA) is 65.0 Å². The predicted molar refractivity (Wildman–Crippen MR) is 103 cm³/mol. The van der Waals surface area contributed by atoms with Crippen molar-refractivity contribution >= 4 is 18.0 Å². The van der Waals surface area contributed by atoms with Crippen molar-refractivity contribution in [2.75, 3.05) is 6.61 Å². The smallest absolute Gasteiger partial charge is 0.305 e. The van der Waals surface area contributed by atoms with Gasteiger partial charge >= 0.3 is 5.97 Å². The van der Waals surface area contributed by atoms with Crippen LogP contribution in [-0.4, -0.2) is 24.6 Å². The van der Waals surface area contributed by atoms with E-state index in [0.29, 0.717) is 19.6 Å². The molecule has 0 aromatic heterocycles. The minimum absolute atomic E-state index is 0.0844. The molecule has 5 nitrogen and oxygen atoms in total. The van der Waals surface area contributed by atoms with Crippen molar-refractivity contribution < 1.29 is 19.2 Å². The molecule has 0 heterocycles. The van der Waals surface area contributed by atoms with Gasteiger partial charge in [-0.1, -0.05) is 68.1 Å². The first-order valence-electron chi connectivity index (χ1n) is 9.56. The van der Waals surface area contributed by atoms with Crippen molar-refractivity contribution in [2.45, 2.75) is 65.4 Å². The molecule has 0 saturated heterocycles. The molecule has 144 valence electrons. The second kappa shape index (κ2) is 14.0. The second-order valence-electron chi connectivity index (χ2n) is 6.29. The van der Waals surface area contributed by atoms with Gasteiger partial charge in [0, 0.05) is 12.3 Å². The molecule has 0 aliphatic heterocycles. The van der Waals surface area contributed by atoms with Gasteiger partial charge in [-0.15, -0.1) is 0 Å². The number of Topliss-reactive ketones (excluding diaryl/α,β-unsaturated/α-hetero) is 1. The van der Waals surface area contributed by atoms with E-state index >= 15 is 0 Å². The van der Waals surface area contributed by atoms with Crippen LogP contribution >= 0.6 is 0 Å². The van der Waals surface area contributed by atoms with Crippen LogP contribution < -0.4 is 0 Å². The van der Waals surface area contributed by atoms with Gasteiger partial charge in [0.2, 0.25) is 0 Å². The van der Waals surface area contributed by atoms with Crippen molar-refractivity contribution in [2.24, 2.45) is 11.1 Å². The van der Waals surface area contributed by atoms with Crippen molar-refractivity contribution in [3.63, 3.8) is 0 Å². The number of nitrogens with zero attached hydrogens (tertiary/aromatic N) is 1. The first-order chi connectivity index (χ1) is 12.7. The average molecular weight is 361 g/mol. The van der Waals surface area contributed by atoms with Crippen LogP contribution in [0.2, 0.25) is 0 Å². The minimum Gasteiger partial charge on any atom is -0.466 e. The Balaban J connectivity index is 2.46. The normalized spacial score (nSPS) is 12.1. The largest absolute Gasteiger partial charge is 0.466 e. The highest BCUT2D eigenvalue weighted by Gasteiger charge is 2.18. The molecule has 5 heteroatoms. The fourth-order valence-corrected chi connectivity index (χ4v) is 2.65. The molecule has 0 N–H and O–H groups in total. The molecule has 0 aliphatic carbocycles. The first-order valence-corrected chi connectivity index (χ1v) is 9.56. The number of rotatable bonds is 14. The highest BCUT2D eigenvalue weighted by molar-refractivity contribution is 6.28. The van der Waals surface area contributed by atoms with Crippen LogP contribution in [0.15, 0.2) is 35.5 Å². The van der Waals surface area contributed by atoms with E-state index in [4.69, 9.17) is 9.57 Å². The summed E-state index contributed by atoms with van der Waals surface area (Å²) in [5.41, 5.74) is 0.996. The maximum Gasteiger partial charge on any atom is 0.305 e. The van der Waals surface area contributed by atoms with Crippen LogP contribution in [0, 0.1) is 5.92 Å². The molecule has 0 radical (unpaired) electrons. The third-order valence-corrected chi connectivity index (χ3v) is 4.14.